The summed E-state index contributed by atoms with van der Waals surface area (Å²) in [5.41, 5.74) is 3.37. The first-order valence-electron chi connectivity index (χ1n) is 6.92. The molecule has 0 saturated carbocycles. The molecule has 0 spiro atoms. The maximum absolute atomic E-state index is 13.3. The summed E-state index contributed by atoms with van der Waals surface area (Å²) >= 11 is 1.60. The number of nitrogens with one attached hydrogen (secondary N) is 1. The van der Waals surface area contributed by atoms with E-state index in [-0.39, 0.29) is 5.82 Å². The van der Waals surface area contributed by atoms with E-state index in [9.17, 15) is 4.39 Å². The zero-order valence-electron chi connectivity index (χ0n) is 11.9. The molecule has 0 saturated heterocycles. The van der Waals surface area contributed by atoms with Crippen LogP contribution in [0.25, 0.3) is 10.7 Å². The number of rotatable bonds is 2. The minimum Gasteiger partial charge on any atom is -0.343 e. The summed E-state index contributed by atoms with van der Waals surface area (Å²) in [4.78, 5) is 9.95. The molecular weight excluding hydrogens is 299 g/mol. The molecule has 0 bridgehead atoms. The van der Waals surface area contributed by atoms with Gasteiger partial charge in [-0.1, -0.05) is 0 Å². The summed E-state index contributed by atoms with van der Waals surface area (Å²) in [6.45, 7) is 1.75. The Hall–Kier alpha value is -2.47. The minimum absolute atomic E-state index is 0.197. The molecule has 0 atom stereocenters. The Morgan fingerprint density at radius 1 is 1.36 bits per heavy atom. The maximum atomic E-state index is 13.3. The third-order valence-electron chi connectivity index (χ3n) is 3.60. The van der Waals surface area contributed by atoms with Gasteiger partial charge in [0.05, 0.1) is 17.6 Å². The van der Waals surface area contributed by atoms with Gasteiger partial charge >= 0.3 is 0 Å². The number of hydrogen-bond donors (Lipinski definition) is 1. The second-order valence-corrected chi connectivity index (χ2v) is 6.01. The van der Waals surface area contributed by atoms with Gasteiger partial charge < -0.3 is 5.32 Å². The van der Waals surface area contributed by atoms with E-state index < -0.39 is 0 Å². The van der Waals surface area contributed by atoms with Crippen LogP contribution in [-0.4, -0.2) is 15.2 Å². The van der Waals surface area contributed by atoms with Crippen LogP contribution in [0.1, 0.15) is 17.7 Å². The molecule has 0 radical (unpaired) electrons. The van der Waals surface area contributed by atoms with Gasteiger partial charge in [-0.3, -0.25) is 4.40 Å². The average Bonchev–Trinajstić information content (AvgIpc) is 3.18. The Morgan fingerprint density at radius 3 is 3.14 bits per heavy atom. The second kappa shape index (κ2) is 5.06. The number of aryl methyl sites for hydroxylation is 1. The van der Waals surface area contributed by atoms with Gasteiger partial charge in [0.25, 0.3) is 0 Å². The summed E-state index contributed by atoms with van der Waals surface area (Å²) in [6.07, 6.45) is 6.63. The fraction of sp³-hybridized carbons (Fsp3) is 0.125. The first-order chi connectivity index (χ1) is 10.7. The molecule has 6 heteroatoms. The number of benzene rings is 1. The van der Waals surface area contributed by atoms with Crippen LogP contribution in [0.15, 0.2) is 47.0 Å². The second-order valence-electron chi connectivity index (χ2n) is 5.14. The molecular formula is C16H13FN4S. The molecule has 4 rings (SSSR count). The van der Waals surface area contributed by atoms with E-state index >= 15 is 0 Å². The Morgan fingerprint density at radius 2 is 2.27 bits per heavy atom. The van der Waals surface area contributed by atoms with Crippen molar-refractivity contribution in [3.05, 3.63) is 59.1 Å². The molecule has 3 aromatic rings. The van der Waals surface area contributed by atoms with E-state index in [1.807, 2.05) is 22.2 Å². The highest BCUT2D eigenvalue weighted by Crippen LogP contribution is 2.25. The number of thiazole rings is 1. The van der Waals surface area contributed by atoms with Gasteiger partial charge in [0.1, 0.15) is 11.7 Å². The van der Waals surface area contributed by atoms with E-state index in [1.165, 1.54) is 6.07 Å². The molecule has 1 aliphatic heterocycles. The number of imidazole rings is 1. The topological polar surface area (TPSA) is 41.7 Å². The molecule has 3 heterocycles. The highest BCUT2D eigenvalue weighted by molar-refractivity contribution is 7.15. The lowest BCUT2D eigenvalue weighted by molar-refractivity contribution is 0.619. The first kappa shape index (κ1) is 13.2. The predicted octanol–water partition coefficient (Wildman–Crippen LogP) is 4.10. The van der Waals surface area contributed by atoms with Crippen LogP contribution in [0.4, 0.5) is 10.1 Å². The predicted molar refractivity (Wildman–Crippen MR) is 87.9 cm³/mol. The number of anilines is 1. The Balaban J connectivity index is 1.58. The molecule has 1 N–H and O–H groups in total. The van der Waals surface area contributed by atoms with Gasteiger partial charge in [0, 0.05) is 23.7 Å². The quantitative estimate of drug-likeness (QED) is 0.774. The van der Waals surface area contributed by atoms with Crippen molar-refractivity contribution in [1.29, 1.82) is 0 Å². The van der Waals surface area contributed by atoms with Crippen molar-refractivity contribution < 1.29 is 4.39 Å². The van der Waals surface area contributed by atoms with E-state index in [0.29, 0.717) is 5.56 Å². The highest BCUT2D eigenvalue weighted by Gasteiger charge is 2.15. The van der Waals surface area contributed by atoms with Crippen LogP contribution >= 0.6 is 11.3 Å². The molecule has 0 aliphatic carbocycles. The van der Waals surface area contributed by atoms with E-state index in [0.717, 1.165) is 34.3 Å². The number of amidine groups is 1. The normalized spacial score (nSPS) is 14.3. The van der Waals surface area contributed by atoms with Gasteiger partial charge in [-0.2, -0.15) is 0 Å². The lowest BCUT2D eigenvalue weighted by Gasteiger charge is -2.07. The fourth-order valence-electron chi connectivity index (χ4n) is 2.48. The van der Waals surface area contributed by atoms with Crippen LogP contribution in [0, 0.1) is 12.7 Å². The molecule has 0 fully saturated rings. The van der Waals surface area contributed by atoms with Gasteiger partial charge in [0.2, 0.25) is 0 Å². The zero-order valence-corrected chi connectivity index (χ0v) is 12.7. The van der Waals surface area contributed by atoms with Crippen molar-refractivity contribution in [2.45, 2.75) is 13.3 Å². The molecule has 1 aromatic carbocycles. The largest absolute Gasteiger partial charge is 0.343 e. The SMILES string of the molecule is Cc1cc(NC2=NC(c3cnc4sccn34)=CC2)ccc1F. The van der Waals surface area contributed by atoms with Gasteiger partial charge in [0.15, 0.2) is 4.96 Å². The number of nitrogens with zero attached hydrogens (tertiary/aromatic N) is 3. The molecule has 1 aliphatic rings. The zero-order chi connectivity index (χ0) is 15.1. The van der Waals surface area contributed by atoms with Crippen LogP contribution in [-0.2, 0) is 0 Å². The van der Waals surface area contributed by atoms with Gasteiger partial charge in [-0.05, 0) is 36.8 Å². The fourth-order valence-corrected chi connectivity index (χ4v) is 3.17. The van der Waals surface area contributed by atoms with Gasteiger partial charge in [-0.15, -0.1) is 11.3 Å². The van der Waals surface area contributed by atoms with Crippen molar-refractivity contribution in [3.8, 4) is 0 Å². The Labute approximate surface area is 130 Å². The van der Waals surface area contributed by atoms with Crippen molar-refractivity contribution in [2.75, 3.05) is 5.32 Å². The average molecular weight is 312 g/mol. The molecule has 0 amide bonds. The van der Waals surface area contributed by atoms with Crippen molar-refractivity contribution in [3.63, 3.8) is 0 Å². The van der Waals surface area contributed by atoms with Crippen LogP contribution < -0.4 is 5.32 Å². The molecule has 2 aromatic heterocycles. The number of aromatic nitrogens is 2. The minimum atomic E-state index is -0.197. The summed E-state index contributed by atoms with van der Waals surface area (Å²) in [6, 6.07) is 4.97. The third kappa shape index (κ3) is 2.21. The maximum Gasteiger partial charge on any atom is 0.194 e. The monoisotopic (exact) mass is 312 g/mol. The summed E-state index contributed by atoms with van der Waals surface area (Å²) in [7, 11) is 0. The van der Waals surface area contributed by atoms with E-state index in [4.69, 9.17) is 0 Å². The molecule has 4 nitrogen and oxygen atoms in total. The summed E-state index contributed by atoms with van der Waals surface area (Å²) < 4.78 is 15.3. The first-order valence-corrected chi connectivity index (χ1v) is 7.80. The summed E-state index contributed by atoms with van der Waals surface area (Å²) in [5, 5.41) is 5.25. The number of aliphatic imine (C=N–C) groups is 1. The van der Waals surface area contributed by atoms with Crippen LogP contribution in [0.3, 0.4) is 0 Å². The smallest absolute Gasteiger partial charge is 0.194 e. The van der Waals surface area contributed by atoms with Crippen LogP contribution in [0.5, 0.6) is 0 Å². The Kier molecular flexibility index (Phi) is 3.04. The van der Waals surface area contributed by atoms with Crippen molar-refractivity contribution in [1.82, 2.24) is 9.38 Å². The van der Waals surface area contributed by atoms with Gasteiger partial charge in [-0.25, -0.2) is 14.4 Å². The number of hydrogen-bond acceptors (Lipinski definition) is 4. The Bertz CT molecular complexity index is 919. The van der Waals surface area contributed by atoms with Crippen molar-refractivity contribution in [2.24, 2.45) is 4.99 Å². The standard InChI is InChI=1S/C16H13FN4S/c1-10-8-11(2-3-12(10)17)19-15-5-4-13(20-15)14-9-18-16-21(14)6-7-22-16/h2-4,6-9H,5H2,1H3,(H,19,20). The lowest BCUT2D eigenvalue weighted by atomic mass is 10.2. The third-order valence-corrected chi connectivity index (χ3v) is 4.37. The van der Waals surface area contributed by atoms with E-state index in [1.54, 1.807) is 30.4 Å². The molecule has 110 valence electrons. The molecule has 22 heavy (non-hydrogen) atoms. The highest BCUT2D eigenvalue weighted by atomic mass is 32.1. The van der Waals surface area contributed by atoms with Crippen molar-refractivity contribution >= 4 is 33.5 Å². The van der Waals surface area contributed by atoms with Crippen LogP contribution in [0.2, 0.25) is 0 Å². The number of fused-ring (bicyclic) bond motifs is 1. The van der Waals surface area contributed by atoms with E-state index in [2.05, 4.69) is 21.4 Å². The molecule has 0 unspecified atom stereocenters. The lowest BCUT2D eigenvalue weighted by Crippen LogP contribution is -2.08. The summed E-state index contributed by atoms with van der Waals surface area (Å²) in [5.74, 6) is 0.656. The number of halogens is 1.